The summed E-state index contributed by atoms with van der Waals surface area (Å²) in [5.74, 6) is -0.504. The lowest BCUT2D eigenvalue weighted by molar-refractivity contribution is 0.0280. The Labute approximate surface area is 134 Å². The van der Waals surface area contributed by atoms with E-state index in [1.165, 1.54) is 22.0 Å². The van der Waals surface area contributed by atoms with Gasteiger partial charge in [-0.15, -0.1) is 0 Å². The summed E-state index contributed by atoms with van der Waals surface area (Å²) in [7, 11) is 0. The minimum Gasteiger partial charge on any atom is -0.462 e. The first kappa shape index (κ1) is 17.2. The van der Waals surface area contributed by atoms with Crippen LogP contribution in [0.4, 0.5) is 9.18 Å². The molecule has 128 valence electrons. The van der Waals surface area contributed by atoms with Gasteiger partial charge in [0, 0.05) is 12.7 Å². The first-order valence-electron chi connectivity index (χ1n) is 7.54. The van der Waals surface area contributed by atoms with E-state index in [0.29, 0.717) is 0 Å². The van der Waals surface area contributed by atoms with Crippen molar-refractivity contribution < 1.29 is 23.5 Å². The summed E-state index contributed by atoms with van der Waals surface area (Å²) in [6.07, 6.45) is 0.937. The van der Waals surface area contributed by atoms with Gasteiger partial charge < -0.3 is 14.4 Å². The minimum absolute atomic E-state index is 0.0613. The molecule has 0 aromatic carbocycles. The Morgan fingerprint density at radius 1 is 1.39 bits per heavy atom. The number of nitrogens with zero attached hydrogens (tertiary/aromatic N) is 3. The van der Waals surface area contributed by atoms with Crippen LogP contribution in [-0.2, 0) is 9.47 Å². The van der Waals surface area contributed by atoms with Gasteiger partial charge in [0.2, 0.25) is 0 Å². The van der Waals surface area contributed by atoms with Crippen LogP contribution in [0.2, 0.25) is 0 Å². The third-order valence-corrected chi connectivity index (χ3v) is 3.32. The highest BCUT2D eigenvalue weighted by atomic mass is 19.1. The lowest BCUT2D eigenvalue weighted by atomic mass is 10.2. The molecule has 1 aliphatic heterocycles. The Morgan fingerprint density at radius 2 is 2.09 bits per heavy atom. The van der Waals surface area contributed by atoms with Gasteiger partial charge in [0.1, 0.15) is 17.8 Å². The largest absolute Gasteiger partial charge is 0.462 e. The monoisotopic (exact) mass is 327 g/mol. The summed E-state index contributed by atoms with van der Waals surface area (Å²) in [6, 6.07) is -0.648. The highest BCUT2D eigenvalue weighted by Crippen LogP contribution is 2.26. The molecule has 0 bridgehead atoms. The zero-order valence-corrected chi connectivity index (χ0v) is 13.8. The van der Waals surface area contributed by atoms with Crippen LogP contribution in [0.3, 0.4) is 0 Å². The predicted molar refractivity (Wildman–Crippen MR) is 79.9 cm³/mol. The number of amides is 1. The summed E-state index contributed by atoms with van der Waals surface area (Å²) in [6.45, 7) is 7.30. The van der Waals surface area contributed by atoms with Crippen molar-refractivity contribution in [3.63, 3.8) is 0 Å². The Bertz CT molecular complexity index is 582. The summed E-state index contributed by atoms with van der Waals surface area (Å²) >= 11 is 0. The topological polar surface area (TPSA) is 73.7 Å². The first-order chi connectivity index (χ1) is 10.7. The van der Waals surface area contributed by atoms with Crippen LogP contribution in [0.15, 0.2) is 12.4 Å². The fourth-order valence-electron chi connectivity index (χ4n) is 2.31. The van der Waals surface area contributed by atoms with Gasteiger partial charge in [-0.1, -0.05) is 0 Å². The van der Waals surface area contributed by atoms with Crippen LogP contribution < -0.4 is 0 Å². The average Bonchev–Trinajstić information content (AvgIpc) is 3.03. The van der Waals surface area contributed by atoms with E-state index in [1.54, 1.807) is 27.7 Å². The molecule has 1 fully saturated rings. The predicted octanol–water partition coefficient (Wildman–Crippen LogP) is 2.19. The second kappa shape index (κ2) is 6.55. The second-order valence-electron chi connectivity index (χ2n) is 6.40. The maximum Gasteiger partial charge on any atom is 0.410 e. The molecule has 7 nitrogen and oxygen atoms in total. The van der Waals surface area contributed by atoms with Gasteiger partial charge in [-0.2, -0.15) is 5.10 Å². The number of carbonyl (C=O) groups excluding carboxylic acids is 2. The molecule has 1 aliphatic rings. The molecule has 2 atom stereocenters. The molecule has 8 heteroatoms. The fourth-order valence-corrected chi connectivity index (χ4v) is 2.31. The Kier molecular flexibility index (Phi) is 4.91. The highest BCUT2D eigenvalue weighted by molar-refractivity contribution is 5.88. The van der Waals surface area contributed by atoms with Crippen molar-refractivity contribution in [1.29, 1.82) is 0 Å². The number of ether oxygens (including phenoxy) is 2. The van der Waals surface area contributed by atoms with E-state index in [1.807, 2.05) is 0 Å². The molecule has 0 saturated carbocycles. The number of halogens is 1. The van der Waals surface area contributed by atoms with E-state index < -0.39 is 29.9 Å². The smallest absolute Gasteiger partial charge is 0.410 e. The molecular weight excluding hydrogens is 305 g/mol. The molecule has 1 aromatic heterocycles. The molecule has 0 unspecified atom stereocenters. The van der Waals surface area contributed by atoms with Crippen molar-refractivity contribution >= 4 is 12.1 Å². The summed E-state index contributed by atoms with van der Waals surface area (Å²) in [5, 5.41) is 4.02. The van der Waals surface area contributed by atoms with Crippen LogP contribution in [-0.4, -0.2) is 58.2 Å². The van der Waals surface area contributed by atoms with Gasteiger partial charge in [0.15, 0.2) is 0 Å². The van der Waals surface area contributed by atoms with Crippen LogP contribution in [0.5, 0.6) is 0 Å². The summed E-state index contributed by atoms with van der Waals surface area (Å²) in [5.41, 5.74) is -0.376. The van der Waals surface area contributed by atoms with Crippen molar-refractivity contribution in [3.05, 3.63) is 18.0 Å². The van der Waals surface area contributed by atoms with E-state index in [2.05, 4.69) is 5.10 Å². The van der Waals surface area contributed by atoms with Crippen molar-refractivity contribution in [1.82, 2.24) is 14.7 Å². The van der Waals surface area contributed by atoms with Gasteiger partial charge in [-0.05, 0) is 27.7 Å². The molecule has 0 N–H and O–H groups in total. The number of hydrogen-bond donors (Lipinski definition) is 0. The third-order valence-electron chi connectivity index (χ3n) is 3.32. The molecule has 0 aliphatic carbocycles. The molecule has 23 heavy (non-hydrogen) atoms. The van der Waals surface area contributed by atoms with Crippen molar-refractivity contribution in [3.8, 4) is 0 Å². The molecule has 0 spiro atoms. The van der Waals surface area contributed by atoms with Crippen LogP contribution in [0, 0.1) is 0 Å². The lowest BCUT2D eigenvalue weighted by Crippen LogP contribution is -2.35. The van der Waals surface area contributed by atoms with Crippen LogP contribution in [0.1, 0.15) is 44.1 Å². The normalized spacial score (nSPS) is 21.3. The second-order valence-corrected chi connectivity index (χ2v) is 6.40. The Morgan fingerprint density at radius 3 is 2.70 bits per heavy atom. The third kappa shape index (κ3) is 4.20. The molecule has 1 amide bonds. The lowest BCUT2D eigenvalue weighted by Gasteiger charge is -2.24. The SMILES string of the molecule is CCOC(=O)c1cnn([C@H]2CN(C(=O)OC(C)(C)C)C[C@H]2F)c1. The molecule has 2 heterocycles. The fraction of sp³-hybridized carbons (Fsp3) is 0.667. The van der Waals surface area contributed by atoms with E-state index in [0.717, 1.165) is 0 Å². The molecular formula is C15H22FN3O4. The van der Waals surface area contributed by atoms with Gasteiger partial charge in [-0.25, -0.2) is 14.0 Å². The summed E-state index contributed by atoms with van der Waals surface area (Å²) < 4.78 is 25.7. The van der Waals surface area contributed by atoms with Crippen molar-refractivity contribution in [2.45, 2.75) is 45.5 Å². The van der Waals surface area contributed by atoms with E-state index in [-0.39, 0.29) is 25.3 Å². The maximum atomic E-state index is 14.2. The number of hydrogen-bond acceptors (Lipinski definition) is 5. The number of rotatable bonds is 3. The quantitative estimate of drug-likeness (QED) is 0.796. The Balaban J connectivity index is 2.04. The number of aromatic nitrogens is 2. The van der Waals surface area contributed by atoms with E-state index in [9.17, 15) is 14.0 Å². The number of esters is 1. The number of alkyl halides is 1. The molecule has 1 aromatic rings. The maximum absolute atomic E-state index is 14.2. The summed E-state index contributed by atoms with van der Waals surface area (Å²) in [4.78, 5) is 25.0. The minimum atomic E-state index is -1.28. The van der Waals surface area contributed by atoms with Gasteiger partial charge in [-0.3, -0.25) is 4.68 Å². The van der Waals surface area contributed by atoms with Gasteiger partial charge >= 0.3 is 12.1 Å². The average molecular weight is 327 g/mol. The molecule has 2 rings (SSSR count). The van der Waals surface area contributed by atoms with Crippen molar-refractivity contribution in [2.24, 2.45) is 0 Å². The van der Waals surface area contributed by atoms with Crippen LogP contribution in [0.25, 0.3) is 0 Å². The zero-order valence-electron chi connectivity index (χ0n) is 13.8. The zero-order chi connectivity index (χ0) is 17.2. The van der Waals surface area contributed by atoms with E-state index in [4.69, 9.17) is 9.47 Å². The molecule has 1 saturated heterocycles. The van der Waals surface area contributed by atoms with Crippen molar-refractivity contribution in [2.75, 3.05) is 19.7 Å². The number of likely N-dealkylation sites (tertiary alicyclic amines) is 1. The first-order valence-corrected chi connectivity index (χ1v) is 7.54. The Hall–Kier alpha value is -2.12. The standard InChI is InChI=1S/C15H22FN3O4/c1-5-22-13(20)10-6-17-19(7-10)12-9-18(8-11(12)16)14(21)23-15(2,3)4/h6-7,11-12H,5,8-9H2,1-4H3/t11-,12+/m1/s1. The highest BCUT2D eigenvalue weighted by Gasteiger charge is 2.39. The number of carbonyl (C=O) groups is 2. The van der Waals surface area contributed by atoms with Gasteiger partial charge in [0.25, 0.3) is 0 Å². The van der Waals surface area contributed by atoms with Crippen LogP contribution >= 0.6 is 0 Å². The molecule has 0 radical (unpaired) electrons. The van der Waals surface area contributed by atoms with Gasteiger partial charge in [0.05, 0.1) is 24.9 Å². The van der Waals surface area contributed by atoms with E-state index >= 15 is 0 Å².